The third-order valence-corrected chi connectivity index (χ3v) is 0.976. The van der Waals surface area contributed by atoms with E-state index in [2.05, 4.69) is 29.8 Å². The predicted octanol–water partition coefficient (Wildman–Crippen LogP) is -0.145. The summed E-state index contributed by atoms with van der Waals surface area (Å²) in [4.78, 5) is 7.54. The van der Waals surface area contributed by atoms with Gasteiger partial charge in [0.05, 0.1) is 0 Å². The number of H-pyrrole nitrogens is 1. The molecule has 0 aliphatic heterocycles. The molecule has 0 spiro atoms. The standard InChI is InChI=1S/C4H3N5O/c1-5-3(8-7-1)4-6-2-10-9-4/h1-2H,(H,5,7,8). The molecule has 0 atom stereocenters. The van der Waals surface area contributed by atoms with Crippen LogP contribution in [0.15, 0.2) is 17.2 Å². The van der Waals surface area contributed by atoms with E-state index in [1.807, 2.05) is 0 Å². The van der Waals surface area contributed by atoms with Crippen molar-refractivity contribution < 1.29 is 4.52 Å². The Bertz CT molecular complexity index is 253. The Labute approximate surface area is 55.3 Å². The fraction of sp³-hybridized carbons (Fsp3) is 0. The molecule has 0 amide bonds. The van der Waals surface area contributed by atoms with E-state index in [4.69, 9.17) is 0 Å². The van der Waals surface area contributed by atoms with Gasteiger partial charge in [-0.05, 0) is 0 Å². The minimum Gasteiger partial charge on any atom is -0.342 e. The maximum Gasteiger partial charge on any atom is 0.241 e. The van der Waals surface area contributed by atoms with Crippen molar-refractivity contribution in [1.82, 2.24) is 25.3 Å². The maximum atomic E-state index is 4.48. The largest absolute Gasteiger partial charge is 0.342 e. The van der Waals surface area contributed by atoms with E-state index in [1.165, 1.54) is 12.7 Å². The zero-order valence-electron chi connectivity index (χ0n) is 4.85. The zero-order valence-corrected chi connectivity index (χ0v) is 4.85. The van der Waals surface area contributed by atoms with Gasteiger partial charge in [-0.3, -0.25) is 5.10 Å². The quantitative estimate of drug-likeness (QED) is 0.591. The van der Waals surface area contributed by atoms with Crippen molar-refractivity contribution in [2.24, 2.45) is 0 Å². The van der Waals surface area contributed by atoms with Crippen LogP contribution in [0, 0.1) is 0 Å². The Morgan fingerprint density at radius 3 is 2.90 bits per heavy atom. The fourth-order valence-electron chi connectivity index (χ4n) is 0.586. The van der Waals surface area contributed by atoms with E-state index >= 15 is 0 Å². The number of aromatic nitrogens is 5. The lowest BCUT2D eigenvalue weighted by atomic mass is 10.6. The maximum absolute atomic E-state index is 4.48. The fourth-order valence-corrected chi connectivity index (χ4v) is 0.586. The van der Waals surface area contributed by atoms with Crippen molar-refractivity contribution in [3.63, 3.8) is 0 Å². The molecule has 0 fully saturated rings. The normalized spacial score (nSPS) is 10.0. The second-order valence-electron chi connectivity index (χ2n) is 1.58. The smallest absolute Gasteiger partial charge is 0.241 e. The number of nitrogens with one attached hydrogen (secondary N) is 1. The topological polar surface area (TPSA) is 80.5 Å². The second-order valence-corrected chi connectivity index (χ2v) is 1.58. The van der Waals surface area contributed by atoms with Gasteiger partial charge in [-0.1, -0.05) is 5.16 Å². The molecule has 0 aromatic carbocycles. The van der Waals surface area contributed by atoms with Gasteiger partial charge in [-0.15, -0.1) is 0 Å². The predicted molar refractivity (Wildman–Crippen MR) is 29.7 cm³/mol. The molecule has 0 aliphatic carbocycles. The molecular weight excluding hydrogens is 134 g/mol. The molecule has 0 saturated carbocycles. The van der Waals surface area contributed by atoms with Gasteiger partial charge in [0.2, 0.25) is 18.0 Å². The molecule has 2 aromatic heterocycles. The number of hydrogen-bond donors (Lipinski definition) is 1. The zero-order chi connectivity index (χ0) is 6.81. The molecule has 6 heteroatoms. The van der Waals surface area contributed by atoms with Gasteiger partial charge in [0, 0.05) is 0 Å². The monoisotopic (exact) mass is 137 g/mol. The molecule has 1 N–H and O–H groups in total. The highest BCUT2D eigenvalue weighted by molar-refractivity contribution is 5.38. The van der Waals surface area contributed by atoms with Crippen LogP contribution in [0.1, 0.15) is 0 Å². The number of aromatic amines is 1. The summed E-state index contributed by atoms with van der Waals surface area (Å²) in [5.41, 5.74) is 0. The average molecular weight is 137 g/mol. The molecule has 2 aromatic rings. The van der Waals surface area contributed by atoms with Crippen LogP contribution in [0.3, 0.4) is 0 Å². The lowest BCUT2D eigenvalue weighted by Gasteiger charge is -1.76. The summed E-state index contributed by atoms with van der Waals surface area (Å²) in [7, 11) is 0. The van der Waals surface area contributed by atoms with Crippen LogP contribution in [-0.2, 0) is 0 Å². The summed E-state index contributed by atoms with van der Waals surface area (Å²) >= 11 is 0. The lowest BCUT2D eigenvalue weighted by Crippen LogP contribution is -1.81. The van der Waals surface area contributed by atoms with Gasteiger partial charge in [0.25, 0.3) is 0 Å². The third kappa shape index (κ3) is 0.661. The highest BCUT2D eigenvalue weighted by Crippen LogP contribution is 2.03. The molecule has 0 radical (unpaired) electrons. The van der Waals surface area contributed by atoms with Gasteiger partial charge in [-0.2, -0.15) is 10.1 Å². The van der Waals surface area contributed by atoms with Gasteiger partial charge in [0.1, 0.15) is 6.33 Å². The Balaban J connectivity index is 2.48. The molecule has 0 aliphatic rings. The average Bonchev–Trinajstić information content (AvgIpc) is 2.59. The van der Waals surface area contributed by atoms with Gasteiger partial charge < -0.3 is 4.52 Å². The van der Waals surface area contributed by atoms with E-state index in [-0.39, 0.29) is 0 Å². The summed E-state index contributed by atoms with van der Waals surface area (Å²) in [6.45, 7) is 0. The Hall–Kier alpha value is -1.72. The van der Waals surface area contributed by atoms with Gasteiger partial charge in [-0.25, -0.2) is 4.98 Å². The van der Waals surface area contributed by atoms with Crippen LogP contribution < -0.4 is 0 Å². The van der Waals surface area contributed by atoms with Gasteiger partial charge >= 0.3 is 0 Å². The van der Waals surface area contributed by atoms with Crippen LogP contribution in [0.2, 0.25) is 0 Å². The van der Waals surface area contributed by atoms with E-state index in [9.17, 15) is 0 Å². The van der Waals surface area contributed by atoms with Crippen molar-refractivity contribution in [1.29, 1.82) is 0 Å². The minimum absolute atomic E-state index is 0.390. The van der Waals surface area contributed by atoms with E-state index in [1.54, 1.807) is 0 Å². The summed E-state index contributed by atoms with van der Waals surface area (Å²) in [5, 5.41) is 9.80. The van der Waals surface area contributed by atoms with Crippen molar-refractivity contribution in [3.05, 3.63) is 12.7 Å². The first kappa shape index (κ1) is 5.10. The SMILES string of the molecule is c1nc(-c2ncon2)n[nH]1. The molecule has 0 bridgehead atoms. The second kappa shape index (κ2) is 1.90. The van der Waals surface area contributed by atoms with Gasteiger partial charge in [0.15, 0.2) is 0 Å². The Morgan fingerprint density at radius 2 is 2.30 bits per heavy atom. The molecular formula is C4H3N5O. The summed E-state index contributed by atoms with van der Waals surface area (Å²) in [6, 6.07) is 0. The minimum atomic E-state index is 0.390. The number of rotatable bonds is 1. The Kier molecular flexibility index (Phi) is 0.970. The molecule has 0 unspecified atom stereocenters. The lowest BCUT2D eigenvalue weighted by molar-refractivity contribution is 0.418. The molecule has 6 nitrogen and oxygen atoms in total. The molecule has 50 valence electrons. The summed E-state index contributed by atoms with van der Waals surface area (Å²) in [5.74, 6) is 0.829. The summed E-state index contributed by atoms with van der Waals surface area (Å²) in [6.07, 6.45) is 2.68. The van der Waals surface area contributed by atoms with Crippen LogP contribution in [0.5, 0.6) is 0 Å². The third-order valence-electron chi connectivity index (χ3n) is 0.976. The first-order valence-electron chi connectivity index (χ1n) is 2.59. The van der Waals surface area contributed by atoms with Crippen molar-refractivity contribution in [2.45, 2.75) is 0 Å². The molecule has 0 saturated heterocycles. The van der Waals surface area contributed by atoms with Crippen molar-refractivity contribution in [3.8, 4) is 11.6 Å². The van der Waals surface area contributed by atoms with Crippen LogP contribution in [-0.4, -0.2) is 25.3 Å². The number of hydrogen-bond acceptors (Lipinski definition) is 5. The first-order chi connectivity index (χ1) is 4.97. The van der Waals surface area contributed by atoms with Crippen molar-refractivity contribution in [2.75, 3.05) is 0 Å². The van der Waals surface area contributed by atoms with Crippen molar-refractivity contribution >= 4 is 0 Å². The molecule has 2 rings (SSSR count). The van der Waals surface area contributed by atoms with Crippen LogP contribution >= 0.6 is 0 Å². The van der Waals surface area contributed by atoms with E-state index in [0.717, 1.165) is 0 Å². The van der Waals surface area contributed by atoms with Crippen LogP contribution in [0.4, 0.5) is 0 Å². The summed E-state index contributed by atoms with van der Waals surface area (Å²) < 4.78 is 4.48. The molecule has 10 heavy (non-hydrogen) atoms. The molecule has 2 heterocycles. The van der Waals surface area contributed by atoms with E-state index in [0.29, 0.717) is 11.6 Å². The van der Waals surface area contributed by atoms with E-state index < -0.39 is 0 Å². The highest BCUT2D eigenvalue weighted by atomic mass is 16.5. The van der Waals surface area contributed by atoms with Crippen LogP contribution in [0.25, 0.3) is 11.6 Å². The first-order valence-corrected chi connectivity index (χ1v) is 2.59. The Morgan fingerprint density at radius 1 is 1.30 bits per heavy atom. The highest BCUT2D eigenvalue weighted by Gasteiger charge is 2.04. The number of nitrogens with zero attached hydrogens (tertiary/aromatic N) is 4.